The highest BCUT2D eigenvalue weighted by Gasteiger charge is 2.33. The van der Waals surface area contributed by atoms with Crippen molar-refractivity contribution in [2.24, 2.45) is 5.92 Å². The first kappa shape index (κ1) is 11.9. The summed E-state index contributed by atoms with van der Waals surface area (Å²) in [7, 11) is 2.14. The summed E-state index contributed by atoms with van der Waals surface area (Å²) in [6, 6.07) is 1.62. The topological polar surface area (TPSA) is 18.5 Å². The summed E-state index contributed by atoms with van der Waals surface area (Å²) in [6.07, 6.45) is 7.14. The second-order valence-corrected chi connectivity index (χ2v) is 6.18. The van der Waals surface area contributed by atoms with E-state index < -0.39 is 0 Å². The van der Waals surface area contributed by atoms with Crippen LogP contribution in [0.3, 0.4) is 0 Å². The summed E-state index contributed by atoms with van der Waals surface area (Å²) < 4.78 is 0. The Balaban J connectivity index is 1.55. The number of nitrogens with zero attached hydrogens (tertiary/aromatic N) is 2. The summed E-state index contributed by atoms with van der Waals surface area (Å²) in [6.45, 7) is 6.62. The van der Waals surface area contributed by atoms with Crippen LogP contribution >= 0.6 is 0 Å². The standard InChI is InChI=1S/C14H27N3/c1-15-14(12-5-6-12)11-16-7-3-9-17-8-2-4-13(17)10-16/h12-15H,2-11H2,1H3. The first-order chi connectivity index (χ1) is 8.36. The van der Waals surface area contributed by atoms with Crippen LogP contribution in [0, 0.1) is 5.92 Å². The molecule has 3 nitrogen and oxygen atoms in total. The Morgan fingerprint density at radius 1 is 1.12 bits per heavy atom. The minimum Gasteiger partial charge on any atom is -0.315 e. The third kappa shape index (κ3) is 2.83. The van der Waals surface area contributed by atoms with Gasteiger partial charge in [0.2, 0.25) is 0 Å². The molecule has 1 N–H and O–H groups in total. The second-order valence-electron chi connectivity index (χ2n) is 6.18. The molecule has 0 aromatic rings. The van der Waals surface area contributed by atoms with E-state index in [9.17, 15) is 0 Å². The lowest BCUT2D eigenvalue weighted by atomic mass is 10.1. The maximum Gasteiger partial charge on any atom is 0.0223 e. The van der Waals surface area contributed by atoms with Gasteiger partial charge < -0.3 is 10.2 Å². The molecule has 2 unspecified atom stereocenters. The Bertz CT molecular complexity index is 252. The maximum atomic E-state index is 3.54. The van der Waals surface area contributed by atoms with Gasteiger partial charge in [-0.05, 0) is 64.7 Å². The van der Waals surface area contributed by atoms with Gasteiger partial charge in [0.1, 0.15) is 0 Å². The van der Waals surface area contributed by atoms with Gasteiger partial charge in [-0.25, -0.2) is 0 Å². The average Bonchev–Trinajstić information content (AvgIpc) is 3.11. The summed E-state index contributed by atoms with van der Waals surface area (Å²) in [5.74, 6) is 0.975. The van der Waals surface area contributed by atoms with Gasteiger partial charge >= 0.3 is 0 Å². The largest absolute Gasteiger partial charge is 0.315 e. The lowest BCUT2D eigenvalue weighted by molar-refractivity contribution is 0.202. The predicted molar refractivity (Wildman–Crippen MR) is 71.2 cm³/mol. The molecular formula is C14H27N3. The molecule has 0 aromatic carbocycles. The summed E-state index contributed by atoms with van der Waals surface area (Å²) in [5.41, 5.74) is 0. The van der Waals surface area contributed by atoms with Gasteiger partial charge in [-0.1, -0.05) is 0 Å². The van der Waals surface area contributed by atoms with Crippen LogP contribution in [0.5, 0.6) is 0 Å². The molecule has 3 heteroatoms. The zero-order chi connectivity index (χ0) is 11.7. The van der Waals surface area contributed by atoms with Crippen molar-refractivity contribution < 1.29 is 0 Å². The van der Waals surface area contributed by atoms with E-state index in [-0.39, 0.29) is 0 Å². The number of hydrogen-bond donors (Lipinski definition) is 1. The van der Waals surface area contributed by atoms with E-state index in [1.807, 2.05) is 0 Å². The van der Waals surface area contributed by atoms with Crippen LogP contribution in [0.1, 0.15) is 32.1 Å². The van der Waals surface area contributed by atoms with Crippen LogP contribution in [0.15, 0.2) is 0 Å². The highest BCUT2D eigenvalue weighted by molar-refractivity contribution is 4.90. The van der Waals surface area contributed by atoms with Crippen molar-refractivity contribution in [3.63, 3.8) is 0 Å². The quantitative estimate of drug-likeness (QED) is 0.791. The number of nitrogens with one attached hydrogen (secondary N) is 1. The minimum atomic E-state index is 0.753. The second kappa shape index (κ2) is 5.25. The molecule has 3 rings (SSSR count). The van der Waals surface area contributed by atoms with Crippen molar-refractivity contribution in [2.45, 2.75) is 44.2 Å². The lowest BCUT2D eigenvalue weighted by Gasteiger charge is -2.29. The number of hydrogen-bond acceptors (Lipinski definition) is 3. The Labute approximate surface area is 106 Å². The normalized spacial score (nSPS) is 33.4. The van der Waals surface area contributed by atoms with E-state index in [0.717, 1.165) is 18.0 Å². The average molecular weight is 237 g/mol. The van der Waals surface area contributed by atoms with Gasteiger partial charge in [0.25, 0.3) is 0 Å². The summed E-state index contributed by atoms with van der Waals surface area (Å²) >= 11 is 0. The lowest BCUT2D eigenvalue weighted by Crippen LogP contribution is -2.44. The SMILES string of the molecule is CNC(CN1CCCN2CCCC2C1)C1CC1. The summed E-state index contributed by atoms with van der Waals surface area (Å²) in [5, 5.41) is 3.54. The fraction of sp³-hybridized carbons (Fsp3) is 1.00. The minimum absolute atomic E-state index is 0.753. The zero-order valence-corrected chi connectivity index (χ0v) is 11.2. The van der Waals surface area contributed by atoms with Crippen molar-refractivity contribution in [2.75, 3.05) is 39.8 Å². The van der Waals surface area contributed by atoms with Crippen LogP contribution < -0.4 is 5.32 Å². The molecule has 0 spiro atoms. The first-order valence-corrected chi connectivity index (χ1v) is 7.50. The molecule has 1 aliphatic carbocycles. The highest BCUT2D eigenvalue weighted by atomic mass is 15.3. The van der Waals surface area contributed by atoms with Gasteiger partial charge in [-0.15, -0.1) is 0 Å². The fourth-order valence-electron chi connectivity index (χ4n) is 3.70. The molecule has 0 radical (unpaired) electrons. The van der Waals surface area contributed by atoms with Gasteiger partial charge in [0.15, 0.2) is 0 Å². The highest BCUT2D eigenvalue weighted by Crippen LogP contribution is 2.33. The van der Waals surface area contributed by atoms with Gasteiger partial charge in [-0.2, -0.15) is 0 Å². The fourth-order valence-corrected chi connectivity index (χ4v) is 3.70. The maximum absolute atomic E-state index is 3.54. The van der Waals surface area contributed by atoms with Crippen molar-refractivity contribution in [1.82, 2.24) is 15.1 Å². The molecule has 1 saturated carbocycles. The zero-order valence-electron chi connectivity index (χ0n) is 11.2. The molecule has 2 aliphatic heterocycles. The van der Waals surface area contributed by atoms with Gasteiger partial charge in [0, 0.05) is 25.2 Å². The predicted octanol–water partition coefficient (Wildman–Crippen LogP) is 1.15. The molecule has 0 aromatic heterocycles. The van der Waals surface area contributed by atoms with Crippen molar-refractivity contribution >= 4 is 0 Å². The molecule has 3 fully saturated rings. The van der Waals surface area contributed by atoms with Gasteiger partial charge in [0.05, 0.1) is 0 Å². The van der Waals surface area contributed by atoms with Crippen molar-refractivity contribution in [3.8, 4) is 0 Å². The van der Waals surface area contributed by atoms with Crippen LogP contribution in [-0.4, -0.2) is 61.7 Å². The molecule has 0 bridgehead atoms. The molecule has 2 heterocycles. The molecular weight excluding hydrogens is 210 g/mol. The van der Waals surface area contributed by atoms with E-state index in [0.29, 0.717) is 0 Å². The molecule has 2 atom stereocenters. The smallest absolute Gasteiger partial charge is 0.0223 e. The Hall–Kier alpha value is -0.120. The molecule has 17 heavy (non-hydrogen) atoms. The van der Waals surface area contributed by atoms with E-state index in [4.69, 9.17) is 0 Å². The Morgan fingerprint density at radius 3 is 2.71 bits per heavy atom. The monoisotopic (exact) mass is 237 g/mol. The van der Waals surface area contributed by atoms with Crippen LogP contribution in [0.4, 0.5) is 0 Å². The van der Waals surface area contributed by atoms with E-state index in [1.54, 1.807) is 0 Å². The van der Waals surface area contributed by atoms with Crippen LogP contribution in [0.2, 0.25) is 0 Å². The molecule has 98 valence electrons. The Morgan fingerprint density at radius 2 is 1.94 bits per heavy atom. The van der Waals surface area contributed by atoms with E-state index in [1.165, 1.54) is 64.8 Å². The first-order valence-electron chi connectivity index (χ1n) is 7.50. The third-order valence-electron chi connectivity index (χ3n) is 4.90. The number of likely N-dealkylation sites (N-methyl/N-ethyl adjacent to an activating group) is 1. The van der Waals surface area contributed by atoms with Crippen LogP contribution in [-0.2, 0) is 0 Å². The van der Waals surface area contributed by atoms with E-state index >= 15 is 0 Å². The molecule has 0 amide bonds. The van der Waals surface area contributed by atoms with Crippen LogP contribution in [0.25, 0.3) is 0 Å². The van der Waals surface area contributed by atoms with Gasteiger partial charge in [-0.3, -0.25) is 4.90 Å². The molecule has 3 aliphatic rings. The third-order valence-corrected chi connectivity index (χ3v) is 4.90. The van der Waals surface area contributed by atoms with Crippen molar-refractivity contribution in [1.29, 1.82) is 0 Å². The molecule has 2 saturated heterocycles. The number of fused-ring (bicyclic) bond motifs is 1. The number of rotatable bonds is 4. The Kier molecular flexibility index (Phi) is 3.69. The van der Waals surface area contributed by atoms with Crippen molar-refractivity contribution in [3.05, 3.63) is 0 Å². The van der Waals surface area contributed by atoms with E-state index in [2.05, 4.69) is 22.2 Å². The summed E-state index contributed by atoms with van der Waals surface area (Å²) in [4.78, 5) is 5.46.